The van der Waals surface area contributed by atoms with E-state index in [1.54, 1.807) is 11.6 Å². The number of methoxy groups -OCH3 is 1. The van der Waals surface area contributed by atoms with Gasteiger partial charge in [-0.25, -0.2) is 0 Å². The Morgan fingerprint density at radius 2 is 2.24 bits per heavy atom. The van der Waals surface area contributed by atoms with E-state index in [-0.39, 0.29) is 0 Å². The lowest BCUT2D eigenvalue weighted by Crippen LogP contribution is -2.32. The van der Waals surface area contributed by atoms with Crippen LogP contribution in [0.1, 0.15) is 37.5 Å². The summed E-state index contributed by atoms with van der Waals surface area (Å²) in [5, 5.41) is 13.5. The molecule has 0 radical (unpaired) electrons. The summed E-state index contributed by atoms with van der Waals surface area (Å²) in [6, 6.07) is 0. The second-order valence-electron chi connectivity index (χ2n) is 4.32. The number of ether oxygens (including phenoxy) is 1. The maximum absolute atomic E-state index is 6.25. The lowest BCUT2D eigenvalue weighted by atomic mass is 9.99. The Morgan fingerprint density at radius 1 is 1.47 bits per heavy atom. The minimum atomic E-state index is -0.398. The maximum atomic E-state index is 6.25. The van der Waals surface area contributed by atoms with Gasteiger partial charge in [-0.3, -0.25) is 0 Å². The van der Waals surface area contributed by atoms with Crippen LogP contribution >= 0.6 is 11.3 Å². The number of rotatable bonds is 5. The molecule has 0 aromatic carbocycles. The van der Waals surface area contributed by atoms with Crippen LogP contribution in [0.3, 0.4) is 0 Å². The minimum absolute atomic E-state index is 0.398. The molecule has 0 aliphatic rings. The fraction of sp³-hybridized carbons (Fsp3) is 0.700. The molecule has 0 aliphatic heterocycles. The molecule has 0 amide bonds. The quantitative estimate of drug-likeness (QED) is 0.871. The SMILES string of the molecule is CCCC(C)(N)c1nn2c(COC)nnc2s1. The zero-order chi connectivity index (χ0) is 12.5. The first-order valence-electron chi connectivity index (χ1n) is 5.58. The molecule has 0 bridgehead atoms. The van der Waals surface area contributed by atoms with Crippen LogP contribution in [-0.4, -0.2) is 26.9 Å². The van der Waals surface area contributed by atoms with Crippen LogP contribution in [0.15, 0.2) is 0 Å². The molecule has 2 N–H and O–H groups in total. The summed E-state index contributed by atoms with van der Waals surface area (Å²) in [4.78, 5) is 0.764. The molecule has 94 valence electrons. The summed E-state index contributed by atoms with van der Waals surface area (Å²) in [5.74, 6) is 0.706. The van der Waals surface area contributed by atoms with Crippen molar-refractivity contribution in [2.24, 2.45) is 5.73 Å². The zero-order valence-electron chi connectivity index (χ0n) is 10.3. The molecule has 1 unspecified atom stereocenters. The van der Waals surface area contributed by atoms with E-state index >= 15 is 0 Å². The van der Waals surface area contributed by atoms with Gasteiger partial charge in [0, 0.05) is 7.11 Å². The summed E-state index contributed by atoms with van der Waals surface area (Å²) in [7, 11) is 1.62. The van der Waals surface area contributed by atoms with E-state index in [1.807, 2.05) is 6.92 Å². The molecule has 2 aromatic heterocycles. The van der Waals surface area contributed by atoms with Gasteiger partial charge in [0.05, 0.1) is 5.54 Å². The predicted octanol–water partition coefficient (Wildman–Crippen LogP) is 1.31. The minimum Gasteiger partial charge on any atom is -0.377 e. The van der Waals surface area contributed by atoms with Crippen LogP contribution in [0.4, 0.5) is 0 Å². The average molecular weight is 255 g/mol. The monoisotopic (exact) mass is 255 g/mol. The zero-order valence-corrected chi connectivity index (χ0v) is 11.1. The molecule has 7 heteroatoms. The van der Waals surface area contributed by atoms with E-state index in [0.717, 1.165) is 22.8 Å². The Balaban J connectivity index is 2.37. The molecule has 0 fully saturated rings. The fourth-order valence-electron chi connectivity index (χ4n) is 1.73. The van der Waals surface area contributed by atoms with Gasteiger partial charge in [0.15, 0.2) is 5.82 Å². The number of nitrogens with zero attached hydrogens (tertiary/aromatic N) is 4. The van der Waals surface area contributed by atoms with Crippen molar-refractivity contribution in [3.05, 3.63) is 10.8 Å². The first-order chi connectivity index (χ1) is 8.08. The first kappa shape index (κ1) is 12.4. The van der Waals surface area contributed by atoms with Crippen LogP contribution in [0, 0.1) is 0 Å². The van der Waals surface area contributed by atoms with Gasteiger partial charge < -0.3 is 10.5 Å². The number of aromatic nitrogens is 4. The molecule has 0 saturated carbocycles. The first-order valence-corrected chi connectivity index (χ1v) is 6.39. The van der Waals surface area contributed by atoms with Crippen LogP contribution in [-0.2, 0) is 16.9 Å². The van der Waals surface area contributed by atoms with E-state index in [0.29, 0.717) is 12.4 Å². The van der Waals surface area contributed by atoms with Gasteiger partial charge in [-0.05, 0) is 13.3 Å². The summed E-state index contributed by atoms with van der Waals surface area (Å²) >= 11 is 1.49. The van der Waals surface area contributed by atoms with E-state index in [9.17, 15) is 0 Å². The number of nitrogens with two attached hydrogens (primary N) is 1. The summed E-state index contributed by atoms with van der Waals surface area (Å²) in [6.07, 6.45) is 1.93. The third-order valence-corrected chi connectivity index (χ3v) is 3.77. The van der Waals surface area contributed by atoms with Crippen molar-refractivity contribution in [2.45, 2.75) is 38.8 Å². The number of fused-ring (bicyclic) bond motifs is 1. The van der Waals surface area contributed by atoms with Crippen LogP contribution in [0.5, 0.6) is 0 Å². The van der Waals surface area contributed by atoms with Gasteiger partial charge in [-0.2, -0.15) is 9.61 Å². The topological polar surface area (TPSA) is 78.3 Å². The highest BCUT2D eigenvalue weighted by molar-refractivity contribution is 7.16. The lowest BCUT2D eigenvalue weighted by molar-refractivity contribution is 0.176. The van der Waals surface area contributed by atoms with Gasteiger partial charge in [0.1, 0.15) is 11.6 Å². The van der Waals surface area contributed by atoms with Crippen molar-refractivity contribution in [2.75, 3.05) is 7.11 Å². The summed E-state index contributed by atoms with van der Waals surface area (Å²) in [5.41, 5.74) is 5.85. The second kappa shape index (κ2) is 4.67. The van der Waals surface area contributed by atoms with Gasteiger partial charge in [-0.15, -0.1) is 10.2 Å². The van der Waals surface area contributed by atoms with Crippen LogP contribution in [0.25, 0.3) is 4.96 Å². The molecular formula is C10H17N5OS. The number of hydrogen-bond acceptors (Lipinski definition) is 6. The molecule has 0 aliphatic carbocycles. The molecule has 2 heterocycles. The van der Waals surface area contributed by atoms with Crippen molar-refractivity contribution in [3.8, 4) is 0 Å². The van der Waals surface area contributed by atoms with Gasteiger partial charge >= 0.3 is 0 Å². The molecular weight excluding hydrogens is 238 g/mol. The Labute approximate surface area is 104 Å². The largest absolute Gasteiger partial charge is 0.377 e. The van der Waals surface area contributed by atoms with Crippen molar-refractivity contribution < 1.29 is 4.74 Å². The van der Waals surface area contributed by atoms with E-state index in [4.69, 9.17) is 10.5 Å². The molecule has 6 nitrogen and oxygen atoms in total. The Bertz CT molecular complexity index is 504. The summed E-state index contributed by atoms with van der Waals surface area (Å²) < 4.78 is 6.76. The van der Waals surface area contributed by atoms with Crippen molar-refractivity contribution in [1.29, 1.82) is 0 Å². The standard InChI is InChI=1S/C10H17N5OS/c1-4-5-10(2,11)8-14-15-7(6-16-3)12-13-9(15)17-8/h4-6,11H2,1-3H3. The van der Waals surface area contributed by atoms with Gasteiger partial charge in [0.25, 0.3) is 0 Å². The van der Waals surface area contributed by atoms with E-state index < -0.39 is 5.54 Å². The van der Waals surface area contributed by atoms with Crippen LogP contribution in [0.2, 0.25) is 0 Å². The Kier molecular flexibility index (Phi) is 3.41. The molecule has 2 rings (SSSR count). The van der Waals surface area contributed by atoms with Crippen molar-refractivity contribution in [1.82, 2.24) is 19.8 Å². The molecule has 2 aromatic rings. The Hall–Kier alpha value is -1.05. The predicted molar refractivity (Wildman–Crippen MR) is 65.8 cm³/mol. The normalized spacial score (nSPS) is 15.3. The third kappa shape index (κ3) is 2.31. The van der Waals surface area contributed by atoms with Crippen molar-refractivity contribution >= 4 is 16.3 Å². The number of hydrogen-bond donors (Lipinski definition) is 1. The summed E-state index contributed by atoms with van der Waals surface area (Å²) in [6.45, 7) is 4.51. The smallest absolute Gasteiger partial charge is 0.234 e. The highest BCUT2D eigenvalue weighted by atomic mass is 32.1. The fourth-order valence-corrected chi connectivity index (χ4v) is 2.68. The second-order valence-corrected chi connectivity index (χ2v) is 5.27. The average Bonchev–Trinajstić information content (AvgIpc) is 2.80. The van der Waals surface area contributed by atoms with Crippen molar-refractivity contribution in [3.63, 3.8) is 0 Å². The molecule has 1 atom stereocenters. The van der Waals surface area contributed by atoms with Gasteiger partial charge in [0.2, 0.25) is 4.96 Å². The highest BCUT2D eigenvalue weighted by Gasteiger charge is 2.26. The molecule has 17 heavy (non-hydrogen) atoms. The third-order valence-electron chi connectivity index (χ3n) is 2.59. The maximum Gasteiger partial charge on any atom is 0.234 e. The Morgan fingerprint density at radius 3 is 2.88 bits per heavy atom. The lowest BCUT2D eigenvalue weighted by Gasteiger charge is -2.19. The highest BCUT2D eigenvalue weighted by Crippen LogP contribution is 2.27. The molecule has 0 saturated heterocycles. The van der Waals surface area contributed by atoms with E-state index in [2.05, 4.69) is 22.2 Å². The van der Waals surface area contributed by atoms with Gasteiger partial charge in [-0.1, -0.05) is 24.7 Å². The van der Waals surface area contributed by atoms with Crippen LogP contribution < -0.4 is 5.73 Å². The van der Waals surface area contributed by atoms with E-state index in [1.165, 1.54) is 11.3 Å². The molecule has 0 spiro atoms.